The van der Waals surface area contributed by atoms with Crippen LogP contribution >= 0.6 is 15.9 Å². The molecule has 1 aliphatic rings. The van der Waals surface area contributed by atoms with E-state index in [0.29, 0.717) is 0 Å². The Morgan fingerprint density at radius 1 is 1.71 bits per heavy atom. The lowest BCUT2D eigenvalue weighted by molar-refractivity contribution is 0.831. The molecule has 3 heteroatoms. The molecule has 0 saturated heterocycles. The lowest BCUT2D eigenvalue weighted by Gasteiger charge is -2.04. The van der Waals surface area contributed by atoms with Crippen molar-refractivity contribution in [3.63, 3.8) is 0 Å². The molecule has 1 heterocycles. The van der Waals surface area contributed by atoms with E-state index in [0.717, 1.165) is 0 Å². The van der Waals surface area contributed by atoms with Crippen molar-refractivity contribution in [3.05, 3.63) is 12.3 Å². The molecule has 38 valence electrons. The largest absolute Gasteiger partial charge is 0.361 e. The number of hydrogen-bond donors (Lipinski definition) is 1. The molecule has 0 fully saturated rings. The number of hydrogen-bond acceptors (Lipinski definition) is 2. The number of rotatable bonds is 0. The van der Waals surface area contributed by atoms with Crippen molar-refractivity contribution < 1.29 is 0 Å². The predicted octanol–water partition coefficient (Wildman–Crippen LogP) is 0.853. The third-order valence-corrected chi connectivity index (χ3v) is 1.13. The van der Waals surface area contributed by atoms with Crippen molar-refractivity contribution in [1.29, 1.82) is 0 Å². The van der Waals surface area contributed by atoms with Crippen LogP contribution in [0.5, 0.6) is 0 Å². The van der Waals surface area contributed by atoms with Crippen molar-refractivity contribution in [2.24, 2.45) is 4.99 Å². The quantitative estimate of drug-likeness (QED) is 0.413. The molecule has 2 nitrogen and oxygen atoms in total. The van der Waals surface area contributed by atoms with Gasteiger partial charge >= 0.3 is 0 Å². The summed E-state index contributed by atoms with van der Waals surface area (Å²) in [6.07, 6.45) is 5.43. The van der Waals surface area contributed by atoms with Gasteiger partial charge in [0.2, 0.25) is 0 Å². The van der Waals surface area contributed by atoms with Gasteiger partial charge in [0.1, 0.15) is 0 Å². The predicted molar refractivity (Wildman–Crippen MR) is 33.5 cm³/mol. The zero-order chi connectivity index (χ0) is 5.11. The Morgan fingerprint density at radius 2 is 2.57 bits per heavy atom. The molecule has 0 radical (unpaired) electrons. The number of nitrogens with zero attached hydrogens (tertiary/aromatic N) is 1. The van der Waals surface area contributed by atoms with Crippen LogP contribution in [0.2, 0.25) is 0 Å². The Balaban J connectivity index is 2.49. The molecule has 1 rings (SSSR count). The molecule has 1 aliphatic heterocycles. The monoisotopic (exact) mass is 160 g/mol. The molecule has 1 atom stereocenters. The van der Waals surface area contributed by atoms with Gasteiger partial charge in [0.05, 0.1) is 0 Å². The molecule has 0 aromatic heterocycles. The highest BCUT2D eigenvalue weighted by Crippen LogP contribution is 1.97. The van der Waals surface area contributed by atoms with Gasteiger partial charge in [-0.15, -0.1) is 0 Å². The molecule has 7 heavy (non-hydrogen) atoms. The summed E-state index contributed by atoms with van der Waals surface area (Å²) in [5, 5.41) is 3.00. The van der Waals surface area contributed by atoms with Gasteiger partial charge in [-0.1, -0.05) is 0 Å². The molecule has 0 spiro atoms. The Labute approximate surface area is 50.5 Å². The van der Waals surface area contributed by atoms with Gasteiger partial charge in [-0.05, 0) is 22.0 Å². The SMILES string of the molecule is BrC1N=CC=CN1. The van der Waals surface area contributed by atoms with Crippen molar-refractivity contribution in [1.82, 2.24) is 5.32 Å². The maximum absolute atomic E-state index is 3.92. The summed E-state index contributed by atoms with van der Waals surface area (Å²) in [6.45, 7) is 0. The van der Waals surface area contributed by atoms with E-state index in [9.17, 15) is 0 Å². The first-order valence-electron chi connectivity index (χ1n) is 1.98. The highest BCUT2D eigenvalue weighted by Gasteiger charge is 1.93. The summed E-state index contributed by atoms with van der Waals surface area (Å²) >= 11 is 3.23. The first-order valence-corrected chi connectivity index (χ1v) is 2.89. The molecule has 0 amide bonds. The van der Waals surface area contributed by atoms with E-state index in [1.165, 1.54) is 0 Å². The highest BCUT2D eigenvalue weighted by molar-refractivity contribution is 9.09. The van der Waals surface area contributed by atoms with Gasteiger partial charge < -0.3 is 5.32 Å². The molecule has 0 aliphatic carbocycles. The normalized spacial score (nSPS) is 27.3. The molecular formula is C4H5BrN2. The minimum atomic E-state index is 0.0810. The van der Waals surface area contributed by atoms with E-state index in [-0.39, 0.29) is 5.08 Å². The van der Waals surface area contributed by atoms with Crippen molar-refractivity contribution in [3.8, 4) is 0 Å². The van der Waals surface area contributed by atoms with E-state index in [4.69, 9.17) is 0 Å². The molecule has 0 saturated carbocycles. The van der Waals surface area contributed by atoms with Gasteiger partial charge in [-0.3, -0.25) is 4.99 Å². The summed E-state index contributed by atoms with van der Waals surface area (Å²) in [5.74, 6) is 0. The third kappa shape index (κ3) is 1.31. The van der Waals surface area contributed by atoms with E-state index < -0.39 is 0 Å². The lowest BCUT2D eigenvalue weighted by Crippen LogP contribution is -2.16. The first-order chi connectivity index (χ1) is 3.39. The number of halogens is 1. The van der Waals surface area contributed by atoms with Crippen LogP contribution in [-0.4, -0.2) is 11.3 Å². The Bertz CT molecular complexity index is 108. The zero-order valence-corrected chi connectivity index (χ0v) is 5.22. The molecule has 1 N–H and O–H groups in total. The van der Waals surface area contributed by atoms with Gasteiger partial charge in [0, 0.05) is 12.4 Å². The summed E-state index contributed by atoms with van der Waals surface area (Å²) in [5.41, 5.74) is 0. The van der Waals surface area contributed by atoms with Crippen LogP contribution < -0.4 is 5.32 Å². The van der Waals surface area contributed by atoms with Crippen LogP contribution in [0.1, 0.15) is 0 Å². The second-order valence-corrected chi connectivity index (χ2v) is 2.03. The van der Waals surface area contributed by atoms with Crippen molar-refractivity contribution >= 4 is 22.1 Å². The van der Waals surface area contributed by atoms with Gasteiger partial charge in [0.25, 0.3) is 0 Å². The van der Waals surface area contributed by atoms with Crippen LogP contribution in [0, 0.1) is 0 Å². The summed E-state index contributed by atoms with van der Waals surface area (Å²) in [4.78, 5) is 3.92. The third-order valence-electron chi connectivity index (χ3n) is 0.633. The smallest absolute Gasteiger partial charge is 0.174 e. The fraction of sp³-hybridized carbons (Fsp3) is 0.250. The van der Waals surface area contributed by atoms with E-state index in [1.807, 2.05) is 12.3 Å². The van der Waals surface area contributed by atoms with Crippen LogP contribution in [0.4, 0.5) is 0 Å². The lowest BCUT2D eigenvalue weighted by atomic mass is 10.6. The summed E-state index contributed by atoms with van der Waals surface area (Å²) in [6, 6.07) is 0. The molecular weight excluding hydrogens is 156 g/mol. The van der Waals surface area contributed by atoms with Crippen LogP contribution in [-0.2, 0) is 0 Å². The topological polar surface area (TPSA) is 24.4 Å². The second kappa shape index (κ2) is 2.12. The molecule has 0 aromatic rings. The Morgan fingerprint density at radius 3 is 2.86 bits per heavy atom. The van der Waals surface area contributed by atoms with Gasteiger partial charge in [-0.25, -0.2) is 0 Å². The van der Waals surface area contributed by atoms with E-state index >= 15 is 0 Å². The fourth-order valence-corrected chi connectivity index (χ4v) is 0.635. The molecule has 0 bridgehead atoms. The minimum absolute atomic E-state index is 0.0810. The van der Waals surface area contributed by atoms with Crippen LogP contribution in [0.15, 0.2) is 17.3 Å². The average Bonchev–Trinajstić information content (AvgIpc) is 1.69. The van der Waals surface area contributed by atoms with Gasteiger partial charge in [0.15, 0.2) is 5.08 Å². The Hall–Kier alpha value is -0.310. The first kappa shape index (κ1) is 4.84. The molecule has 0 aromatic carbocycles. The minimum Gasteiger partial charge on any atom is -0.361 e. The van der Waals surface area contributed by atoms with E-state index in [2.05, 4.69) is 26.2 Å². The number of nitrogens with one attached hydrogen (secondary N) is 1. The summed E-state index contributed by atoms with van der Waals surface area (Å²) in [7, 11) is 0. The zero-order valence-electron chi connectivity index (χ0n) is 3.63. The second-order valence-electron chi connectivity index (χ2n) is 1.16. The molecule has 1 unspecified atom stereocenters. The average molecular weight is 161 g/mol. The number of allylic oxidation sites excluding steroid dienone is 1. The number of alkyl halides is 1. The summed E-state index contributed by atoms with van der Waals surface area (Å²) < 4.78 is 0. The maximum atomic E-state index is 3.92. The highest BCUT2D eigenvalue weighted by atomic mass is 79.9. The number of aliphatic imine (C=N–C) groups is 1. The van der Waals surface area contributed by atoms with Crippen molar-refractivity contribution in [2.45, 2.75) is 5.08 Å². The van der Waals surface area contributed by atoms with E-state index in [1.54, 1.807) is 6.21 Å². The Kier molecular flexibility index (Phi) is 1.46. The standard InChI is InChI=1S/C4H5BrN2/c5-4-6-2-1-3-7-4/h1-4,6H. The van der Waals surface area contributed by atoms with Crippen LogP contribution in [0.25, 0.3) is 0 Å². The van der Waals surface area contributed by atoms with Crippen molar-refractivity contribution in [2.75, 3.05) is 0 Å². The van der Waals surface area contributed by atoms with Crippen LogP contribution in [0.3, 0.4) is 0 Å². The fourth-order valence-electron chi connectivity index (χ4n) is 0.346. The maximum Gasteiger partial charge on any atom is 0.174 e. The van der Waals surface area contributed by atoms with Gasteiger partial charge in [-0.2, -0.15) is 0 Å².